The molecule has 0 aliphatic carbocycles. The van der Waals surface area contributed by atoms with Gasteiger partial charge in [-0.15, -0.1) is 16.8 Å². The van der Waals surface area contributed by atoms with Gasteiger partial charge in [0.1, 0.15) is 12.4 Å². The van der Waals surface area contributed by atoms with Crippen molar-refractivity contribution in [3.63, 3.8) is 0 Å². The summed E-state index contributed by atoms with van der Waals surface area (Å²) in [5, 5.41) is 21.3. The molecule has 1 rings (SSSR count). The van der Waals surface area contributed by atoms with Gasteiger partial charge in [-0.1, -0.05) is 6.08 Å². The molecular weight excluding hydrogens is 250 g/mol. The van der Waals surface area contributed by atoms with Gasteiger partial charge in [-0.25, -0.2) is 9.59 Å². The second kappa shape index (κ2) is 7.14. The van der Waals surface area contributed by atoms with Crippen molar-refractivity contribution in [2.75, 3.05) is 0 Å². The molecule has 8 nitrogen and oxygen atoms in total. The van der Waals surface area contributed by atoms with Gasteiger partial charge < -0.3 is 20.3 Å². The molecule has 19 heavy (non-hydrogen) atoms. The fourth-order valence-electron chi connectivity index (χ4n) is 1.44. The van der Waals surface area contributed by atoms with Gasteiger partial charge in [0.2, 0.25) is 0 Å². The Bertz CT molecular complexity index is 457. The van der Waals surface area contributed by atoms with Crippen LogP contribution in [0.25, 0.3) is 0 Å². The summed E-state index contributed by atoms with van der Waals surface area (Å²) in [6.45, 7) is 6.25. The summed E-state index contributed by atoms with van der Waals surface area (Å²) < 4.78 is 1.78. The normalized spacial score (nSPS) is 11.6. The Morgan fingerprint density at radius 2 is 2.37 bits per heavy atom. The van der Waals surface area contributed by atoms with Crippen LogP contribution in [0.4, 0.5) is 4.79 Å². The van der Waals surface area contributed by atoms with E-state index in [1.165, 1.54) is 6.08 Å². The molecule has 0 aliphatic rings. The second-order valence-electron chi connectivity index (χ2n) is 3.78. The number of carbonyl (C=O) groups is 2. The first-order valence-corrected chi connectivity index (χ1v) is 5.83. The first kappa shape index (κ1) is 14.7. The van der Waals surface area contributed by atoms with Gasteiger partial charge in [0.25, 0.3) is 0 Å². The predicted octanol–water partition coefficient (Wildman–Crippen LogP) is 0.127. The highest BCUT2D eigenvalue weighted by molar-refractivity contribution is 5.82. The number of amides is 2. The lowest BCUT2D eigenvalue weighted by molar-refractivity contribution is -0.139. The maximum absolute atomic E-state index is 11.6. The van der Waals surface area contributed by atoms with E-state index in [9.17, 15) is 9.59 Å². The number of urea groups is 1. The predicted molar refractivity (Wildman–Crippen MR) is 67.3 cm³/mol. The molecule has 3 N–H and O–H groups in total. The van der Waals surface area contributed by atoms with Crippen LogP contribution in [-0.2, 0) is 17.9 Å². The summed E-state index contributed by atoms with van der Waals surface area (Å²) >= 11 is 0. The SMILES string of the molecule is C=CCC(NC(=O)NCc1nncn1CC)C(=O)O. The molecule has 1 heterocycles. The third kappa shape index (κ3) is 4.41. The Balaban J connectivity index is 2.47. The molecule has 104 valence electrons. The van der Waals surface area contributed by atoms with Gasteiger partial charge in [-0.05, 0) is 13.3 Å². The van der Waals surface area contributed by atoms with E-state index >= 15 is 0 Å². The van der Waals surface area contributed by atoms with Crippen LogP contribution >= 0.6 is 0 Å². The zero-order valence-corrected chi connectivity index (χ0v) is 10.7. The minimum atomic E-state index is -1.10. The third-order valence-electron chi connectivity index (χ3n) is 2.45. The molecule has 1 aromatic heterocycles. The molecule has 0 bridgehead atoms. The lowest BCUT2D eigenvalue weighted by atomic mass is 10.2. The van der Waals surface area contributed by atoms with E-state index in [2.05, 4.69) is 27.4 Å². The van der Waals surface area contributed by atoms with Gasteiger partial charge in [0.05, 0.1) is 6.54 Å². The first-order chi connectivity index (χ1) is 9.08. The number of hydrogen-bond acceptors (Lipinski definition) is 4. The molecule has 0 saturated carbocycles. The van der Waals surface area contributed by atoms with E-state index < -0.39 is 18.0 Å². The Hall–Kier alpha value is -2.38. The fraction of sp³-hybridized carbons (Fsp3) is 0.455. The summed E-state index contributed by atoms with van der Waals surface area (Å²) in [5.74, 6) is -0.500. The van der Waals surface area contributed by atoms with Crippen molar-refractivity contribution < 1.29 is 14.7 Å². The van der Waals surface area contributed by atoms with Crippen LogP contribution in [0.1, 0.15) is 19.2 Å². The molecule has 0 radical (unpaired) electrons. The van der Waals surface area contributed by atoms with Crippen LogP contribution in [0, 0.1) is 0 Å². The first-order valence-electron chi connectivity index (χ1n) is 5.83. The Kier molecular flexibility index (Phi) is 5.52. The quantitative estimate of drug-likeness (QED) is 0.608. The van der Waals surface area contributed by atoms with Crippen molar-refractivity contribution in [2.24, 2.45) is 0 Å². The van der Waals surface area contributed by atoms with Crippen molar-refractivity contribution in [3.8, 4) is 0 Å². The molecular formula is C11H17N5O3. The molecule has 2 amide bonds. The van der Waals surface area contributed by atoms with Crippen LogP contribution in [0.2, 0.25) is 0 Å². The van der Waals surface area contributed by atoms with E-state index in [-0.39, 0.29) is 13.0 Å². The van der Waals surface area contributed by atoms with Crippen LogP contribution in [-0.4, -0.2) is 37.9 Å². The van der Waals surface area contributed by atoms with Crippen LogP contribution in [0.3, 0.4) is 0 Å². The standard InChI is InChI=1S/C11H17N5O3/c1-3-5-8(10(17)18)14-11(19)12-6-9-15-13-7-16(9)4-2/h3,7-8H,1,4-6H2,2H3,(H,17,18)(H2,12,14,19). The zero-order valence-electron chi connectivity index (χ0n) is 10.7. The highest BCUT2D eigenvalue weighted by atomic mass is 16.4. The second-order valence-corrected chi connectivity index (χ2v) is 3.78. The van der Waals surface area contributed by atoms with E-state index in [1.807, 2.05) is 6.92 Å². The minimum Gasteiger partial charge on any atom is -0.480 e. The van der Waals surface area contributed by atoms with Crippen molar-refractivity contribution >= 4 is 12.0 Å². The van der Waals surface area contributed by atoms with E-state index in [1.54, 1.807) is 10.9 Å². The summed E-state index contributed by atoms with van der Waals surface area (Å²) in [7, 11) is 0. The van der Waals surface area contributed by atoms with Gasteiger partial charge in [0, 0.05) is 6.54 Å². The largest absolute Gasteiger partial charge is 0.480 e. The Labute approximate surface area is 110 Å². The lowest BCUT2D eigenvalue weighted by Gasteiger charge is -2.13. The highest BCUT2D eigenvalue weighted by Gasteiger charge is 2.18. The molecule has 0 aliphatic heterocycles. The Morgan fingerprint density at radius 3 is 2.95 bits per heavy atom. The van der Waals surface area contributed by atoms with E-state index in [0.717, 1.165) is 0 Å². The number of aromatic nitrogens is 3. The summed E-state index contributed by atoms with van der Waals surface area (Å²) in [6, 6.07) is -1.55. The highest BCUT2D eigenvalue weighted by Crippen LogP contribution is 1.95. The topological polar surface area (TPSA) is 109 Å². The van der Waals surface area contributed by atoms with Crippen molar-refractivity contribution in [3.05, 3.63) is 24.8 Å². The number of carboxylic acid groups (broad SMARTS) is 1. The number of rotatable bonds is 7. The molecule has 0 fully saturated rings. The molecule has 1 unspecified atom stereocenters. The number of nitrogens with zero attached hydrogens (tertiary/aromatic N) is 3. The number of carbonyl (C=O) groups excluding carboxylic acids is 1. The molecule has 1 atom stereocenters. The average molecular weight is 267 g/mol. The number of nitrogens with one attached hydrogen (secondary N) is 2. The smallest absolute Gasteiger partial charge is 0.326 e. The monoisotopic (exact) mass is 267 g/mol. The van der Waals surface area contributed by atoms with Crippen molar-refractivity contribution in [1.82, 2.24) is 25.4 Å². The van der Waals surface area contributed by atoms with Gasteiger partial charge >= 0.3 is 12.0 Å². The average Bonchev–Trinajstić information content (AvgIpc) is 2.83. The number of aryl methyl sites for hydroxylation is 1. The molecule has 0 spiro atoms. The van der Waals surface area contributed by atoms with Gasteiger partial charge in [-0.2, -0.15) is 0 Å². The summed E-state index contributed by atoms with van der Waals surface area (Å²) in [6.07, 6.45) is 3.16. The number of carboxylic acids is 1. The van der Waals surface area contributed by atoms with Crippen molar-refractivity contribution in [1.29, 1.82) is 0 Å². The lowest BCUT2D eigenvalue weighted by Crippen LogP contribution is -2.45. The minimum absolute atomic E-state index is 0.161. The maximum Gasteiger partial charge on any atom is 0.326 e. The summed E-state index contributed by atoms with van der Waals surface area (Å²) in [5.41, 5.74) is 0. The molecule has 0 aromatic carbocycles. The molecule has 8 heteroatoms. The number of hydrogen-bond donors (Lipinski definition) is 3. The number of aliphatic carboxylic acids is 1. The maximum atomic E-state index is 11.6. The zero-order chi connectivity index (χ0) is 14.3. The van der Waals surface area contributed by atoms with Crippen molar-refractivity contribution in [2.45, 2.75) is 32.5 Å². The van der Waals surface area contributed by atoms with Gasteiger partial charge in [0.15, 0.2) is 5.82 Å². The van der Waals surface area contributed by atoms with Crippen LogP contribution in [0.15, 0.2) is 19.0 Å². The van der Waals surface area contributed by atoms with E-state index in [4.69, 9.17) is 5.11 Å². The van der Waals surface area contributed by atoms with Gasteiger partial charge in [-0.3, -0.25) is 0 Å². The third-order valence-corrected chi connectivity index (χ3v) is 2.45. The summed E-state index contributed by atoms with van der Waals surface area (Å²) in [4.78, 5) is 22.4. The Morgan fingerprint density at radius 1 is 1.63 bits per heavy atom. The van der Waals surface area contributed by atoms with Crippen LogP contribution in [0.5, 0.6) is 0 Å². The van der Waals surface area contributed by atoms with Crippen LogP contribution < -0.4 is 10.6 Å². The van der Waals surface area contributed by atoms with E-state index in [0.29, 0.717) is 12.4 Å². The fourth-order valence-corrected chi connectivity index (χ4v) is 1.44. The molecule has 0 saturated heterocycles. The molecule has 1 aromatic rings.